The molecule has 8 heteroatoms. The van der Waals surface area contributed by atoms with Crippen LogP contribution in [-0.4, -0.2) is 67.6 Å². The minimum Gasteiger partial charge on any atom is -0.496 e. The third-order valence-electron chi connectivity index (χ3n) is 5.90. The van der Waals surface area contributed by atoms with E-state index in [4.69, 9.17) is 9.47 Å². The van der Waals surface area contributed by atoms with E-state index in [0.29, 0.717) is 12.2 Å². The number of para-hydroxylation sites is 2. The first kappa shape index (κ1) is 25.9. The third kappa shape index (κ3) is 8.25. The zero-order chi connectivity index (χ0) is 24.2. The van der Waals surface area contributed by atoms with Gasteiger partial charge in [0.2, 0.25) is 5.91 Å². The molecule has 184 valence electrons. The standard InChI is InChI=1S/C26H35N3O4S/c1-32-24-11-7-6-8-20(24)18-29-15-12-21(13-16-29)27-26(31)23(14-17-34-2)28-25(30)19-33-22-9-4-3-5-10-22/h3-11,21,23H,12-19H2,1-2H3,(H,27,31)(H,28,30). The maximum absolute atomic E-state index is 13.0. The van der Waals surface area contributed by atoms with E-state index in [9.17, 15) is 9.59 Å². The molecule has 0 radical (unpaired) electrons. The second-order valence-electron chi connectivity index (χ2n) is 8.37. The smallest absolute Gasteiger partial charge is 0.258 e. The highest BCUT2D eigenvalue weighted by Crippen LogP contribution is 2.21. The molecule has 1 saturated heterocycles. The summed E-state index contributed by atoms with van der Waals surface area (Å²) < 4.78 is 11.0. The fourth-order valence-corrected chi connectivity index (χ4v) is 4.49. The Morgan fingerprint density at radius 3 is 2.50 bits per heavy atom. The number of amides is 2. The lowest BCUT2D eigenvalue weighted by Crippen LogP contribution is -2.52. The molecular formula is C26H35N3O4S. The van der Waals surface area contributed by atoms with Crippen LogP contribution in [0.2, 0.25) is 0 Å². The molecule has 1 fully saturated rings. The molecule has 1 aliphatic rings. The molecule has 2 amide bonds. The number of rotatable bonds is 12. The van der Waals surface area contributed by atoms with Gasteiger partial charge in [0.05, 0.1) is 7.11 Å². The van der Waals surface area contributed by atoms with E-state index in [2.05, 4.69) is 21.6 Å². The van der Waals surface area contributed by atoms with Crippen LogP contribution >= 0.6 is 11.8 Å². The van der Waals surface area contributed by atoms with Gasteiger partial charge in [-0.2, -0.15) is 11.8 Å². The fourth-order valence-electron chi connectivity index (χ4n) is 4.02. The van der Waals surface area contributed by atoms with E-state index in [0.717, 1.165) is 44.0 Å². The summed E-state index contributed by atoms with van der Waals surface area (Å²) in [5, 5.41) is 6.01. The zero-order valence-electron chi connectivity index (χ0n) is 20.0. The summed E-state index contributed by atoms with van der Waals surface area (Å²) in [5.74, 6) is 1.90. The molecule has 0 aliphatic carbocycles. The van der Waals surface area contributed by atoms with Crippen molar-refractivity contribution < 1.29 is 19.1 Å². The molecule has 3 rings (SSSR count). The molecule has 0 spiro atoms. The summed E-state index contributed by atoms with van der Waals surface area (Å²) in [6.45, 7) is 2.51. The molecule has 2 aromatic carbocycles. The molecule has 2 N–H and O–H groups in total. The second kappa shape index (κ2) is 13.9. The van der Waals surface area contributed by atoms with Crippen LogP contribution in [0, 0.1) is 0 Å². The number of carbonyl (C=O) groups is 2. The van der Waals surface area contributed by atoms with Gasteiger partial charge in [0.1, 0.15) is 17.5 Å². The fraction of sp³-hybridized carbons (Fsp3) is 0.462. The van der Waals surface area contributed by atoms with Crippen molar-refractivity contribution in [3.8, 4) is 11.5 Å². The molecule has 0 aromatic heterocycles. The average Bonchev–Trinajstić information content (AvgIpc) is 2.87. The van der Waals surface area contributed by atoms with Gasteiger partial charge in [-0.3, -0.25) is 14.5 Å². The first-order chi connectivity index (χ1) is 16.6. The maximum atomic E-state index is 13.0. The Morgan fingerprint density at radius 1 is 1.09 bits per heavy atom. The van der Waals surface area contributed by atoms with Gasteiger partial charge in [0.25, 0.3) is 5.91 Å². The van der Waals surface area contributed by atoms with Gasteiger partial charge in [-0.25, -0.2) is 0 Å². The Hall–Kier alpha value is -2.71. The highest BCUT2D eigenvalue weighted by molar-refractivity contribution is 7.98. The molecule has 34 heavy (non-hydrogen) atoms. The molecule has 1 aliphatic heterocycles. The summed E-state index contributed by atoms with van der Waals surface area (Å²) in [5.41, 5.74) is 1.17. The van der Waals surface area contributed by atoms with Crippen molar-refractivity contribution in [2.24, 2.45) is 0 Å². The molecule has 0 saturated carbocycles. The van der Waals surface area contributed by atoms with Crippen molar-refractivity contribution in [2.45, 2.75) is 37.9 Å². The van der Waals surface area contributed by atoms with Gasteiger partial charge >= 0.3 is 0 Å². The Balaban J connectivity index is 1.46. The van der Waals surface area contributed by atoms with Crippen LogP contribution < -0.4 is 20.1 Å². The van der Waals surface area contributed by atoms with E-state index in [1.807, 2.05) is 42.7 Å². The lowest BCUT2D eigenvalue weighted by molar-refractivity contribution is -0.130. The molecule has 1 atom stereocenters. The number of hydrogen-bond acceptors (Lipinski definition) is 6. The Kier molecular flexibility index (Phi) is 10.6. The number of piperidine rings is 1. The second-order valence-corrected chi connectivity index (χ2v) is 9.36. The molecular weight excluding hydrogens is 450 g/mol. The molecule has 1 unspecified atom stereocenters. The first-order valence-electron chi connectivity index (χ1n) is 11.7. The summed E-state index contributed by atoms with van der Waals surface area (Å²) >= 11 is 1.66. The van der Waals surface area contributed by atoms with E-state index in [1.54, 1.807) is 31.0 Å². The topological polar surface area (TPSA) is 79.9 Å². The Bertz CT molecular complexity index is 904. The largest absolute Gasteiger partial charge is 0.496 e. The highest BCUT2D eigenvalue weighted by Gasteiger charge is 2.26. The lowest BCUT2D eigenvalue weighted by atomic mass is 10.0. The van der Waals surface area contributed by atoms with Gasteiger partial charge in [-0.1, -0.05) is 36.4 Å². The summed E-state index contributed by atoms with van der Waals surface area (Å²) in [6, 6.07) is 16.8. The minimum absolute atomic E-state index is 0.107. The van der Waals surface area contributed by atoms with Crippen LogP contribution in [0.1, 0.15) is 24.8 Å². The van der Waals surface area contributed by atoms with Crippen LogP contribution in [-0.2, 0) is 16.1 Å². The molecule has 1 heterocycles. The van der Waals surface area contributed by atoms with E-state index < -0.39 is 6.04 Å². The number of methoxy groups -OCH3 is 1. The average molecular weight is 486 g/mol. The zero-order valence-corrected chi connectivity index (χ0v) is 20.8. The number of thioether (sulfide) groups is 1. The maximum Gasteiger partial charge on any atom is 0.258 e. The number of carbonyl (C=O) groups excluding carboxylic acids is 2. The summed E-state index contributed by atoms with van der Waals surface area (Å²) in [4.78, 5) is 27.8. The van der Waals surface area contributed by atoms with Crippen LogP contribution in [0.3, 0.4) is 0 Å². The van der Waals surface area contributed by atoms with Crippen LogP contribution in [0.4, 0.5) is 0 Å². The lowest BCUT2D eigenvalue weighted by Gasteiger charge is -2.33. The third-order valence-corrected chi connectivity index (χ3v) is 6.54. The van der Waals surface area contributed by atoms with Crippen molar-refractivity contribution in [1.29, 1.82) is 0 Å². The molecule has 7 nitrogen and oxygen atoms in total. The predicted octanol–water partition coefficient (Wildman–Crippen LogP) is 3.09. The number of nitrogens with zero attached hydrogens (tertiary/aromatic N) is 1. The van der Waals surface area contributed by atoms with Crippen molar-refractivity contribution in [1.82, 2.24) is 15.5 Å². The SMILES string of the molecule is COc1ccccc1CN1CCC(NC(=O)C(CCSC)NC(=O)COc2ccccc2)CC1. The van der Waals surface area contributed by atoms with Gasteiger partial charge < -0.3 is 20.1 Å². The van der Waals surface area contributed by atoms with Gasteiger partial charge in [0, 0.05) is 31.2 Å². The molecule has 0 bridgehead atoms. The normalized spacial score (nSPS) is 15.4. The van der Waals surface area contributed by atoms with E-state index >= 15 is 0 Å². The van der Waals surface area contributed by atoms with Gasteiger partial charge in [-0.15, -0.1) is 0 Å². The number of hydrogen-bond donors (Lipinski definition) is 2. The quantitative estimate of drug-likeness (QED) is 0.481. The Labute approximate surface area is 206 Å². The predicted molar refractivity (Wildman–Crippen MR) is 136 cm³/mol. The number of ether oxygens (including phenoxy) is 2. The number of likely N-dealkylation sites (tertiary alicyclic amines) is 1. The van der Waals surface area contributed by atoms with E-state index in [-0.39, 0.29) is 24.5 Å². The van der Waals surface area contributed by atoms with E-state index in [1.165, 1.54) is 5.56 Å². The van der Waals surface area contributed by atoms with Crippen LogP contribution in [0.15, 0.2) is 54.6 Å². The molecule has 2 aromatic rings. The van der Waals surface area contributed by atoms with Crippen molar-refractivity contribution in [2.75, 3.05) is 38.8 Å². The Morgan fingerprint density at radius 2 is 1.79 bits per heavy atom. The number of benzene rings is 2. The minimum atomic E-state index is -0.564. The highest BCUT2D eigenvalue weighted by atomic mass is 32.2. The monoisotopic (exact) mass is 485 g/mol. The van der Waals surface area contributed by atoms with Crippen molar-refractivity contribution in [3.05, 3.63) is 60.2 Å². The van der Waals surface area contributed by atoms with Crippen LogP contribution in [0.5, 0.6) is 11.5 Å². The summed E-state index contributed by atoms with van der Waals surface area (Å²) in [7, 11) is 1.70. The first-order valence-corrected chi connectivity index (χ1v) is 13.1. The van der Waals surface area contributed by atoms with Crippen molar-refractivity contribution >= 4 is 23.6 Å². The number of nitrogens with one attached hydrogen (secondary N) is 2. The van der Waals surface area contributed by atoms with Crippen molar-refractivity contribution in [3.63, 3.8) is 0 Å². The van der Waals surface area contributed by atoms with Crippen LogP contribution in [0.25, 0.3) is 0 Å². The summed E-state index contributed by atoms with van der Waals surface area (Å²) in [6.07, 6.45) is 4.33. The van der Waals surface area contributed by atoms with Gasteiger partial charge in [-0.05, 0) is 49.5 Å². The van der Waals surface area contributed by atoms with Gasteiger partial charge in [0.15, 0.2) is 6.61 Å².